The van der Waals surface area contributed by atoms with E-state index in [4.69, 9.17) is 15.2 Å². The maximum atomic E-state index is 5.67. The summed E-state index contributed by atoms with van der Waals surface area (Å²) >= 11 is 0. The van der Waals surface area contributed by atoms with E-state index in [9.17, 15) is 0 Å². The fourth-order valence-electron chi connectivity index (χ4n) is 2.26. The molecule has 1 aromatic rings. The van der Waals surface area contributed by atoms with Gasteiger partial charge in [0.05, 0.1) is 13.7 Å². The number of hydrogen-bond donors (Lipinski definition) is 2. The van der Waals surface area contributed by atoms with Crippen LogP contribution in [0.5, 0.6) is 11.5 Å². The Morgan fingerprint density at radius 1 is 1.44 bits per heavy atom. The zero-order valence-corrected chi connectivity index (χ0v) is 10.9. The molecule has 4 heteroatoms. The van der Waals surface area contributed by atoms with E-state index in [0.717, 1.165) is 50.5 Å². The van der Waals surface area contributed by atoms with Gasteiger partial charge in [-0.3, -0.25) is 0 Å². The molecule has 4 nitrogen and oxygen atoms in total. The van der Waals surface area contributed by atoms with E-state index >= 15 is 0 Å². The first-order valence-corrected chi connectivity index (χ1v) is 6.59. The topological polar surface area (TPSA) is 56.5 Å². The number of nitrogens with two attached hydrogens (primary N) is 1. The van der Waals surface area contributed by atoms with Gasteiger partial charge >= 0.3 is 0 Å². The lowest BCUT2D eigenvalue weighted by molar-refractivity contribution is 0.251. The van der Waals surface area contributed by atoms with Crippen molar-refractivity contribution in [2.24, 2.45) is 5.73 Å². The molecular formula is C14H22N2O2. The number of nitrogens with one attached hydrogen (secondary N) is 1. The minimum Gasteiger partial charge on any atom is -0.497 e. The highest BCUT2D eigenvalue weighted by molar-refractivity contribution is 5.43. The number of ether oxygens (including phenoxy) is 2. The van der Waals surface area contributed by atoms with Crippen LogP contribution in [0.1, 0.15) is 30.9 Å². The van der Waals surface area contributed by atoms with Crippen molar-refractivity contribution in [2.45, 2.75) is 25.3 Å². The number of fused-ring (bicyclic) bond motifs is 1. The lowest BCUT2D eigenvalue weighted by atomic mass is 10.00. The lowest BCUT2D eigenvalue weighted by Crippen LogP contribution is -2.28. The van der Waals surface area contributed by atoms with Crippen LogP contribution in [0.4, 0.5) is 0 Å². The zero-order chi connectivity index (χ0) is 12.8. The summed E-state index contributed by atoms with van der Waals surface area (Å²) in [5, 5.41) is 3.57. The van der Waals surface area contributed by atoms with Gasteiger partial charge in [-0.1, -0.05) is 0 Å². The average molecular weight is 250 g/mol. The Hall–Kier alpha value is -1.26. The molecule has 0 fully saturated rings. The summed E-state index contributed by atoms with van der Waals surface area (Å²) < 4.78 is 10.9. The van der Waals surface area contributed by atoms with Crippen molar-refractivity contribution in [1.29, 1.82) is 0 Å². The summed E-state index contributed by atoms with van der Waals surface area (Å²) in [6.45, 7) is 2.53. The summed E-state index contributed by atoms with van der Waals surface area (Å²) in [4.78, 5) is 0. The molecule has 1 unspecified atom stereocenters. The van der Waals surface area contributed by atoms with Crippen molar-refractivity contribution in [2.75, 3.05) is 26.8 Å². The molecule has 0 aromatic heterocycles. The van der Waals surface area contributed by atoms with E-state index in [-0.39, 0.29) is 0 Å². The van der Waals surface area contributed by atoms with Crippen LogP contribution >= 0.6 is 0 Å². The monoisotopic (exact) mass is 250 g/mol. The van der Waals surface area contributed by atoms with Crippen molar-refractivity contribution in [1.82, 2.24) is 5.32 Å². The SMILES string of the molecule is COc1ccc2c(c1)C(NCCCCN)CCO2. The third-order valence-corrected chi connectivity index (χ3v) is 3.28. The second kappa shape index (κ2) is 6.61. The van der Waals surface area contributed by atoms with Gasteiger partial charge in [0.2, 0.25) is 0 Å². The number of hydrogen-bond acceptors (Lipinski definition) is 4. The molecule has 18 heavy (non-hydrogen) atoms. The molecule has 100 valence electrons. The van der Waals surface area contributed by atoms with Crippen molar-refractivity contribution in [3.63, 3.8) is 0 Å². The molecule has 1 atom stereocenters. The molecule has 0 saturated heterocycles. The van der Waals surface area contributed by atoms with E-state index < -0.39 is 0 Å². The van der Waals surface area contributed by atoms with Crippen molar-refractivity contribution < 1.29 is 9.47 Å². The molecule has 1 aliphatic heterocycles. The normalized spacial score (nSPS) is 18.0. The second-order valence-corrected chi connectivity index (χ2v) is 4.54. The standard InChI is InChI=1S/C14H22N2O2/c1-17-11-4-5-14-12(10-11)13(6-9-18-14)16-8-3-2-7-15/h4-5,10,13,16H,2-3,6-9,15H2,1H3. The first-order valence-electron chi connectivity index (χ1n) is 6.59. The maximum absolute atomic E-state index is 5.67. The van der Waals surface area contributed by atoms with Crippen molar-refractivity contribution in [3.8, 4) is 11.5 Å². The number of methoxy groups -OCH3 is 1. The van der Waals surface area contributed by atoms with Crippen LogP contribution in [0.2, 0.25) is 0 Å². The van der Waals surface area contributed by atoms with E-state index in [1.165, 1.54) is 5.56 Å². The summed E-state index contributed by atoms with van der Waals surface area (Å²) in [7, 11) is 1.69. The predicted molar refractivity (Wildman–Crippen MR) is 72.1 cm³/mol. The molecule has 0 spiro atoms. The van der Waals surface area contributed by atoms with Gasteiger partial charge in [-0.25, -0.2) is 0 Å². The predicted octanol–water partition coefficient (Wildman–Crippen LogP) is 1.85. The van der Waals surface area contributed by atoms with Crippen LogP contribution < -0.4 is 20.5 Å². The lowest BCUT2D eigenvalue weighted by Gasteiger charge is -2.27. The highest BCUT2D eigenvalue weighted by atomic mass is 16.5. The van der Waals surface area contributed by atoms with E-state index in [1.807, 2.05) is 12.1 Å². The molecule has 1 heterocycles. The summed E-state index contributed by atoms with van der Waals surface area (Å²) in [5.41, 5.74) is 6.70. The third-order valence-electron chi connectivity index (χ3n) is 3.28. The zero-order valence-electron chi connectivity index (χ0n) is 10.9. The van der Waals surface area contributed by atoms with Gasteiger partial charge in [0.1, 0.15) is 11.5 Å². The number of rotatable bonds is 6. The quantitative estimate of drug-likeness (QED) is 0.757. The van der Waals surface area contributed by atoms with Crippen molar-refractivity contribution >= 4 is 0 Å². The minimum atomic E-state index is 0.363. The van der Waals surface area contributed by atoms with Crippen LogP contribution in [-0.2, 0) is 0 Å². The molecule has 0 amide bonds. The van der Waals surface area contributed by atoms with E-state index in [0.29, 0.717) is 6.04 Å². The molecule has 2 rings (SSSR count). The smallest absolute Gasteiger partial charge is 0.124 e. The van der Waals surface area contributed by atoms with Crippen molar-refractivity contribution in [3.05, 3.63) is 23.8 Å². The van der Waals surface area contributed by atoms with Gasteiger partial charge in [0.15, 0.2) is 0 Å². The Morgan fingerprint density at radius 2 is 2.33 bits per heavy atom. The fraction of sp³-hybridized carbons (Fsp3) is 0.571. The van der Waals surface area contributed by atoms with Crippen LogP contribution in [0.15, 0.2) is 18.2 Å². The first kappa shape index (κ1) is 13.2. The maximum Gasteiger partial charge on any atom is 0.124 e. The molecule has 0 aliphatic carbocycles. The van der Waals surface area contributed by atoms with Gasteiger partial charge < -0.3 is 20.5 Å². The Morgan fingerprint density at radius 3 is 3.11 bits per heavy atom. The second-order valence-electron chi connectivity index (χ2n) is 4.54. The highest BCUT2D eigenvalue weighted by Gasteiger charge is 2.21. The molecule has 0 bridgehead atoms. The van der Waals surface area contributed by atoms with E-state index in [2.05, 4.69) is 11.4 Å². The summed E-state index contributed by atoms with van der Waals surface area (Å²) in [6.07, 6.45) is 3.19. The van der Waals surface area contributed by atoms with Gasteiger partial charge in [0, 0.05) is 18.0 Å². The Balaban J connectivity index is 2.01. The largest absolute Gasteiger partial charge is 0.497 e. The summed E-state index contributed by atoms with van der Waals surface area (Å²) in [5.74, 6) is 1.85. The molecule has 3 N–H and O–H groups in total. The number of benzene rings is 1. The average Bonchev–Trinajstić information content (AvgIpc) is 2.43. The van der Waals surface area contributed by atoms with Gasteiger partial charge in [-0.05, 0) is 44.1 Å². The van der Waals surface area contributed by atoms with E-state index in [1.54, 1.807) is 7.11 Å². The highest BCUT2D eigenvalue weighted by Crippen LogP contribution is 2.34. The molecular weight excluding hydrogens is 228 g/mol. The van der Waals surface area contributed by atoms with Gasteiger partial charge in [-0.2, -0.15) is 0 Å². The van der Waals surface area contributed by atoms with Crippen LogP contribution in [0.3, 0.4) is 0 Å². The third kappa shape index (κ3) is 3.15. The van der Waals surface area contributed by atoms with Crippen LogP contribution in [0, 0.1) is 0 Å². The van der Waals surface area contributed by atoms with Gasteiger partial charge in [0.25, 0.3) is 0 Å². The Bertz CT molecular complexity index is 382. The van der Waals surface area contributed by atoms with Crippen LogP contribution in [0.25, 0.3) is 0 Å². The molecule has 1 aromatic carbocycles. The molecule has 0 saturated carbocycles. The molecule has 0 radical (unpaired) electrons. The number of unbranched alkanes of at least 4 members (excludes halogenated alkanes) is 1. The van der Waals surface area contributed by atoms with Gasteiger partial charge in [-0.15, -0.1) is 0 Å². The minimum absolute atomic E-state index is 0.363. The van der Waals surface area contributed by atoms with Crippen LogP contribution in [-0.4, -0.2) is 26.8 Å². The Kier molecular flexibility index (Phi) is 4.84. The first-order chi connectivity index (χ1) is 8.85. The Labute approximate surface area is 108 Å². The fourth-order valence-corrected chi connectivity index (χ4v) is 2.26. The molecule has 1 aliphatic rings. The summed E-state index contributed by atoms with van der Waals surface area (Å²) in [6, 6.07) is 6.36.